The van der Waals surface area contributed by atoms with Crippen LogP contribution in [0, 0.1) is 0 Å². The molecule has 0 unspecified atom stereocenters. The number of rotatable bonds is 3. The molecule has 3 aromatic rings. The van der Waals surface area contributed by atoms with Crippen molar-refractivity contribution in [2.45, 2.75) is 6.42 Å². The van der Waals surface area contributed by atoms with Gasteiger partial charge in [0.2, 0.25) is 0 Å². The number of methoxy groups -OCH3 is 1. The Morgan fingerprint density at radius 3 is 2.84 bits per heavy atom. The van der Waals surface area contributed by atoms with Crippen LogP contribution in [-0.4, -0.2) is 22.1 Å². The van der Waals surface area contributed by atoms with Gasteiger partial charge in [0.05, 0.1) is 12.6 Å². The monoisotopic (exact) mass is 254 g/mol. The fourth-order valence-corrected chi connectivity index (χ4v) is 2.07. The summed E-state index contributed by atoms with van der Waals surface area (Å²) in [6, 6.07) is 11.5. The molecular formula is C14H14N4O. The molecule has 96 valence electrons. The molecule has 0 aliphatic heterocycles. The van der Waals surface area contributed by atoms with Crippen molar-refractivity contribution in [3.8, 4) is 5.75 Å². The lowest BCUT2D eigenvalue weighted by Crippen LogP contribution is -1.95. The number of benzene rings is 1. The minimum absolute atomic E-state index is 0.475. The first-order valence-electron chi connectivity index (χ1n) is 5.99. The number of aromatic nitrogens is 3. The molecule has 3 N–H and O–H groups in total. The standard InChI is InChI=1S/C14H14N4O/c1-19-11-5-3-2-4-9(11)8-13-16-10-6-7-12(15)17-14(10)18-13/h2-7H,8H2,1H3,(H3,15,16,17,18). The third-order valence-corrected chi connectivity index (χ3v) is 2.97. The third-order valence-electron chi connectivity index (χ3n) is 2.97. The largest absolute Gasteiger partial charge is 0.496 e. The highest BCUT2D eigenvalue weighted by Gasteiger charge is 2.08. The van der Waals surface area contributed by atoms with Crippen molar-refractivity contribution in [1.82, 2.24) is 15.0 Å². The number of nitrogens with one attached hydrogen (secondary N) is 1. The molecule has 2 heterocycles. The van der Waals surface area contributed by atoms with Gasteiger partial charge in [-0.2, -0.15) is 0 Å². The molecule has 2 aromatic heterocycles. The van der Waals surface area contributed by atoms with E-state index in [1.54, 1.807) is 13.2 Å². The number of anilines is 1. The molecule has 0 fully saturated rings. The molecule has 5 nitrogen and oxygen atoms in total. The smallest absolute Gasteiger partial charge is 0.179 e. The number of nitrogen functional groups attached to an aromatic ring is 1. The van der Waals surface area contributed by atoms with Gasteiger partial charge in [0, 0.05) is 12.0 Å². The maximum Gasteiger partial charge on any atom is 0.179 e. The van der Waals surface area contributed by atoms with Crippen LogP contribution in [0.4, 0.5) is 5.82 Å². The number of nitrogens with zero attached hydrogens (tertiary/aromatic N) is 2. The molecule has 19 heavy (non-hydrogen) atoms. The zero-order valence-electron chi connectivity index (χ0n) is 10.6. The van der Waals surface area contributed by atoms with E-state index in [-0.39, 0.29) is 0 Å². The van der Waals surface area contributed by atoms with E-state index in [9.17, 15) is 0 Å². The van der Waals surface area contributed by atoms with Crippen LogP contribution in [0.2, 0.25) is 0 Å². The first kappa shape index (κ1) is 11.5. The van der Waals surface area contributed by atoms with E-state index in [4.69, 9.17) is 10.5 Å². The topological polar surface area (TPSA) is 76.8 Å². The normalized spacial score (nSPS) is 10.8. The predicted molar refractivity (Wildman–Crippen MR) is 74.1 cm³/mol. The first-order valence-corrected chi connectivity index (χ1v) is 5.99. The Morgan fingerprint density at radius 1 is 1.16 bits per heavy atom. The average Bonchev–Trinajstić information content (AvgIpc) is 2.80. The molecule has 0 saturated heterocycles. The highest BCUT2D eigenvalue weighted by atomic mass is 16.5. The van der Waals surface area contributed by atoms with Gasteiger partial charge < -0.3 is 15.5 Å². The lowest BCUT2D eigenvalue weighted by atomic mass is 10.1. The summed E-state index contributed by atoms with van der Waals surface area (Å²) < 4.78 is 5.33. The Morgan fingerprint density at radius 2 is 2.00 bits per heavy atom. The van der Waals surface area contributed by atoms with Crippen LogP contribution in [0.1, 0.15) is 11.4 Å². The van der Waals surface area contributed by atoms with Crippen molar-refractivity contribution < 1.29 is 4.74 Å². The Kier molecular flexibility index (Phi) is 2.79. The number of ether oxygens (including phenoxy) is 1. The number of para-hydroxylation sites is 1. The molecule has 0 radical (unpaired) electrons. The number of nitrogens with two attached hydrogens (primary N) is 1. The summed E-state index contributed by atoms with van der Waals surface area (Å²) in [5.41, 5.74) is 8.26. The summed E-state index contributed by atoms with van der Waals surface area (Å²) in [6.45, 7) is 0. The highest BCUT2D eigenvalue weighted by molar-refractivity contribution is 5.72. The predicted octanol–water partition coefficient (Wildman–Crippen LogP) is 2.14. The highest BCUT2D eigenvalue weighted by Crippen LogP contribution is 2.21. The van der Waals surface area contributed by atoms with Gasteiger partial charge in [0.1, 0.15) is 17.4 Å². The summed E-state index contributed by atoms with van der Waals surface area (Å²) in [7, 11) is 1.67. The fourth-order valence-electron chi connectivity index (χ4n) is 2.07. The molecule has 0 aliphatic rings. The van der Waals surface area contributed by atoms with Gasteiger partial charge >= 0.3 is 0 Å². The summed E-state index contributed by atoms with van der Waals surface area (Å²) in [4.78, 5) is 11.9. The minimum atomic E-state index is 0.475. The Balaban J connectivity index is 1.96. The van der Waals surface area contributed by atoms with Crippen LogP contribution in [-0.2, 0) is 6.42 Å². The second-order valence-corrected chi connectivity index (χ2v) is 4.28. The van der Waals surface area contributed by atoms with Crippen molar-refractivity contribution >= 4 is 17.0 Å². The number of hydrogen-bond donors (Lipinski definition) is 2. The van der Waals surface area contributed by atoms with Crippen molar-refractivity contribution in [2.24, 2.45) is 0 Å². The number of imidazole rings is 1. The summed E-state index contributed by atoms with van der Waals surface area (Å²) >= 11 is 0. The SMILES string of the molecule is COc1ccccc1Cc1nc2nc(N)ccc2[nH]1. The van der Waals surface area contributed by atoms with Gasteiger partial charge in [0.15, 0.2) is 5.65 Å². The lowest BCUT2D eigenvalue weighted by molar-refractivity contribution is 0.410. The van der Waals surface area contributed by atoms with Crippen LogP contribution in [0.15, 0.2) is 36.4 Å². The Hall–Kier alpha value is -2.56. The minimum Gasteiger partial charge on any atom is -0.496 e. The molecule has 0 aliphatic carbocycles. The summed E-state index contributed by atoms with van der Waals surface area (Å²) in [5.74, 6) is 2.18. The lowest BCUT2D eigenvalue weighted by Gasteiger charge is -2.05. The first-order chi connectivity index (χ1) is 9.26. The van der Waals surface area contributed by atoms with Gasteiger partial charge in [0.25, 0.3) is 0 Å². The van der Waals surface area contributed by atoms with E-state index in [1.165, 1.54) is 0 Å². The van der Waals surface area contributed by atoms with Crippen molar-refractivity contribution in [3.05, 3.63) is 47.8 Å². The number of pyridine rings is 1. The molecule has 5 heteroatoms. The van der Waals surface area contributed by atoms with Crippen molar-refractivity contribution in [1.29, 1.82) is 0 Å². The second-order valence-electron chi connectivity index (χ2n) is 4.28. The quantitative estimate of drug-likeness (QED) is 0.750. The molecule has 3 rings (SSSR count). The fraction of sp³-hybridized carbons (Fsp3) is 0.143. The number of hydrogen-bond acceptors (Lipinski definition) is 4. The van der Waals surface area contributed by atoms with Gasteiger partial charge in [-0.15, -0.1) is 0 Å². The van der Waals surface area contributed by atoms with E-state index in [0.717, 1.165) is 22.7 Å². The third kappa shape index (κ3) is 2.22. The second kappa shape index (κ2) is 4.61. The van der Waals surface area contributed by atoms with Crippen molar-refractivity contribution in [2.75, 3.05) is 12.8 Å². The summed E-state index contributed by atoms with van der Waals surface area (Å²) in [5, 5.41) is 0. The van der Waals surface area contributed by atoms with Gasteiger partial charge in [-0.1, -0.05) is 18.2 Å². The molecular weight excluding hydrogens is 240 g/mol. The maximum absolute atomic E-state index is 5.65. The van der Waals surface area contributed by atoms with Crippen LogP contribution in [0.25, 0.3) is 11.2 Å². The molecule has 0 saturated carbocycles. The molecule has 1 aromatic carbocycles. The van der Waals surface area contributed by atoms with E-state index in [2.05, 4.69) is 15.0 Å². The number of H-pyrrole nitrogens is 1. The van der Waals surface area contributed by atoms with Crippen LogP contribution in [0.3, 0.4) is 0 Å². The Labute approximate surface area is 110 Å². The average molecular weight is 254 g/mol. The summed E-state index contributed by atoms with van der Waals surface area (Å²) in [6.07, 6.45) is 0.667. The van der Waals surface area contributed by atoms with E-state index in [0.29, 0.717) is 17.9 Å². The number of fused-ring (bicyclic) bond motifs is 1. The van der Waals surface area contributed by atoms with E-state index in [1.807, 2.05) is 30.3 Å². The van der Waals surface area contributed by atoms with E-state index >= 15 is 0 Å². The maximum atomic E-state index is 5.65. The van der Waals surface area contributed by atoms with Crippen LogP contribution >= 0.6 is 0 Å². The Bertz CT molecular complexity index is 720. The molecule has 0 amide bonds. The van der Waals surface area contributed by atoms with Crippen LogP contribution < -0.4 is 10.5 Å². The zero-order valence-corrected chi connectivity index (χ0v) is 10.6. The zero-order chi connectivity index (χ0) is 13.2. The van der Waals surface area contributed by atoms with Gasteiger partial charge in [-0.05, 0) is 18.2 Å². The van der Waals surface area contributed by atoms with Gasteiger partial charge in [-0.3, -0.25) is 0 Å². The van der Waals surface area contributed by atoms with E-state index < -0.39 is 0 Å². The van der Waals surface area contributed by atoms with Crippen molar-refractivity contribution in [3.63, 3.8) is 0 Å². The van der Waals surface area contributed by atoms with Crippen LogP contribution in [0.5, 0.6) is 5.75 Å². The molecule has 0 bridgehead atoms. The number of aromatic amines is 1. The molecule has 0 atom stereocenters. The van der Waals surface area contributed by atoms with Gasteiger partial charge in [-0.25, -0.2) is 9.97 Å². The molecule has 0 spiro atoms.